The summed E-state index contributed by atoms with van der Waals surface area (Å²) in [6, 6.07) is 10.8. The van der Waals surface area contributed by atoms with Gasteiger partial charge in [-0.15, -0.1) is 0 Å². The van der Waals surface area contributed by atoms with E-state index in [1.54, 1.807) is 24.3 Å². The summed E-state index contributed by atoms with van der Waals surface area (Å²) in [5.41, 5.74) is 1.34. The second-order valence-corrected chi connectivity index (χ2v) is 4.81. The molecule has 3 rings (SSSR count). The van der Waals surface area contributed by atoms with Gasteiger partial charge in [0.25, 0.3) is 0 Å². The van der Waals surface area contributed by atoms with Gasteiger partial charge < -0.3 is 9.72 Å². The SMILES string of the molecule is C=CCOc1c(Cl)ccc2c(=O)c3ccccc3[nH]c12. The molecule has 0 bridgehead atoms. The first-order valence-electron chi connectivity index (χ1n) is 6.19. The van der Waals surface area contributed by atoms with Crippen LogP contribution in [-0.2, 0) is 0 Å². The molecule has 1 N–H and O–H groups in total. The van der Waals surface area contributed by atoms with E-state index in [1.807, 2.05) is 18.2 Å². The molecule has 0 aliphatic carbocycles. The van der Waals surface area contributed by atoms with Crippen molar-refractivity contribution in [2.24, 2.45) is 0 Å². The van der Waals surface area contributed by atoms with E-state index in [2.05, 4.69) is 11.6 Å². The Morgan fingerprint density at radius 2 is 2.00 bits per heavy atom. The molecule has 0 saturated carbocycles. The van der Waals surface area contributed by atoms with Crippen LogP contribution in [0.3, 0.4) is 0 Å². The fourth-order valence-corrected chi connectivity index (χ4v) is 2.44. The molecule has 20 heavy (non-hydrogen) atoms. The molecule has 3 aromatic rings. The van der Waals surface area contributed by atoms with Crippen molar-refractivity contribution < 1.29 is 4.74 Å². The van der Waals surface area contributed by atoms with Gasteiger partial charge in [-0.1, -0.05) is 36.4 Å². The van der Waals surface area contributed by atoms with Gasteiger partial charge in [-0.2, -0.15) is 0 Å². The van der Waals surface area contributed by atoms with Gasteiger partial charge in [0.1, 0.15) is 6.61 Å². The Bertz CT molecular complexity index is 867. The summed E-state index contributed by atoms with van der Waals surface area (Å²) < 4.78 is 5.58. The van der Waals surface area contributed by atoms with E-state index in [4.69, 9.17) is 16.3 Å². The molecule has 100 valence electrons. The highest BCUT2D eigenvalue weighted by molar-refractivity contribution is 6.33. The number of hydrogen-bond donors (Lipinski definition) is 1. The van der Waals surface area contributed by atoms with Crippen molar-refractivity contribution in [3.63, 3.8) is 0 Å². The first-order valence-corrected chi connectivity index (χ1v) is 6.57. The standard InChI is InChI=1S/C16H12ClNO2/c1-2-9-20-16-12(17)8-7-11-14(16)18-13-6-4-3-5-10(13)15(11)19/h2-8H,1,9H2,(H,18,19). The van der Waals surface area contributed by atoms with Crippen LogP contribution in [-0.4, -0.2) is 11.6 Å². The molecule has 0 atom stereocenters. The topological polar surface area (TPSA) is 42.1 Å². The second kappa shape index (κ2) is 5.02. The van der Waals surface area contributed by atoms with Crippen LogP contribution in [0, 0.1) is 0 Å². The Hall–Kier alpha value is -2.26. The largest absolute Gasteiger partial charge is 0.486 e. The van der Waals surface area contributed by atoms with E-state index in [-0.39, 0.29) is 5.43 Å². The van der Waals surface area contributed by atoms with Gasteiger partial charge >= 0.3 is 0 Å². The van der Waals surface area contributed by atoms with Gasteiger partial charge in [-0.25, -0.2) is 0 Å². The van der Waals surface area contributed by atoms with Crippen LogP contribution in [0.25, 0.3) is 21.8 Å². The molecule has 0 saturated heterocycles. The van der Waals surface area contributed by atoms with E-state index in [0.717, 1.165) is 5.52 Å². The van der Waals surface area contributed by atoms with E-state index in [9.17, 15) is 4.79 Å². The van der Waals surface area contributed by atoms with Gasteiger partial charge in [0.05, 0.1) is 15.9 Å². The molecule has 4 heteroatoms. The Morgan fingerprint density at radius 1 is 1.20 bits per heavy atom. The molecular weight excluding hydrogens is 274 g/mol. The minimum absolute atomic E-state index is 0.0329. The van der Waals surface area contributed by atoms with E-state index >= 15 is 0 Å². The number of fused-ring (bicyclic) bond motifs is 2. The van der Waals surface area contributed by atoms with E-state index < -0.39 is 0 Å². The molecular formula is C16H12ClNO2. The van der Waals surface area contributed by atoms with Crippen molar-refractivity contribution in [3.05, 3.63) is 64.3 Å². The molecule has 2 aromatic carbocycles. The molecule has 0 aliphatic heterocycles. The summed E-state index contributed by atoms with van der Waals surface area (Å²) in [4.78, 5) is 15.7. The van der Waals surface area contributed by atoms with Crippen LogP contribution < -0.4 is 10.2 Å². The van der Waals surface area contributed by atoms with Crippen LogP contribution in [0.15, 0.2) is 53.8 Å². The zero-order chi connectivity index (χ0) is 14.1. The molecule has 0 unspecified atom stereocenters. The van der Waals surface area contributed by atoms with Gasteiger partial charge in [-0.05, 0) is 24.3 Å². The third kappa shape index (κ3) is 1.96. The number of aromatic amines is 1. The highest BCUT2D eigenvalue weighted by Gasteiger charge is 2.12. The average molecular weight is 286 g/mol. The lowest BCUT2D eigenvalue weighted by atomic mass is 10.1. The Balaban J connectivity index is 2.42. The number of para-hydroxylation sites is 1. The smallest absolute Gasteiger partial charge is 0.197 e. The number of pyridine rings is 1. The van der Waals surface area contributed by atoms with E-state index in [1.165, 1.54) is 0 Å². The number of H-pyrrole nitrogens is 1. The van der Waals surface area contributed by atoms with Crippen LogP contribution in [0.1, 0.15) is 0 Å². The minimum atomic E-state index is -0.0329. The van der Waals surface area contributed by atoms with Crippen LogP contribution >= 0.6 is 11.6 Å². The molecule has 1 aromatic heterocycles. The quantitative estimate of drug-likeness (QED) is 0.586. The molecule has 1 heterocycles. The van der Waals surface area contributed by atoms with Crippen molar-refractivity contribution in [2.75, 3.05) is 6.61 Å². The normalized spacial score (nSPS) is 10.8. The molecule has 0 amide bonds. The van der Waals surface area contributed by atoms with Crippen molar-refractivity contribution in [2.45, 2.75) is 0 Å². The van der Waals surface area contributed by atoms with Crippen molar-refractivity contribution in [1.29, 1.82) is 0 Å². The molecule has 0 fully saturated rings. The number of benzene rings is 2. The highest BCUT2D eigenvalue weighted by Crippen LogP contribution is 2.32. The van der Waals surface area contributed by atoms with Crippen LogP contribution in [0.2, 0.25) is 5.02 Å². The zero-order valence-corrected chi connectivity index (χ0v) is 11.4. The number of nitrogens with one attached hydrogen (secondary N) is 1. The lowest BCUT2D eigenvalue weighted by molar-refractivity contribution is 0.367. The summed E-state index contributed by atoms with van der Waals surface area (Å²) in [6.07, 6.45) is 1.63. The first kappa shape index (κ1) is 12.8. The monoisotopic (exact) mass is 285 g/mol. The molecule has 0 radical (unpaired) electrons. The lowest BCUT2D eigenvalue weighted by Gasteiger charge is -2.10. The number of hydrogen-bond acceptors (Lipinski definition) is 2. The predicted octanol–water partition coefficient (Wildman–Crippen LogP) is 3.90. The zero-order valence-electron chi connectivity index (χ0n) is 10.7. The molecule has 3 nitrogen and oxygen atoms in total. The highest BCUT2D eigenvalue weighted by atomic mass is 35.5. The van der Waals surface area contributed by atoms with Gasteiger partial charge in [0.2, 0.25) is 0 Å². The second-order valence-electron chi connectivity index (χ2n) is 4.40. The fraction of sp³-hybridized carbons (Fsp3) is 0.0625. The van der Waals surface area contributed by atoms with E-state index in [0.29, 0.717) is 33.7 Å². The van der Waals surface area contributed by atoms with Gasteiger partial charge in [-0.3, -0.25) is 4.79 Å². The summed E-state index contributed by atoms with van der Waals surface area (Å²) >= 11 is 6.16. The number of halogens is 1. The Kier molecular flexibility index (Phi) is 3.20. The third-order valence-corrected chi connectivity index (χ3v) is 3.43. The van der Waals surface area contributed by atoms with Crippen LogP contribution in [0.4, 0.5) is 0 Å². The summed E-state index contributed by atoms with van der Waals surface area (Å²) in [6.45, 7) is 3.94. The lowest BCUT2D eigenvalue weighted by Crippen LogP contribution is -2.06. The van der Waals surface area contributed by atoms with Crippen molar-refractivity contribution >= 4 is 33.4 Å². The Labute approximate surface area is 120 Å². The van der Waals surface area contributed by atoms with Crippen molar-refractivity contribution in [3.8, 4) is 5.75 Å². The number of ether oxygens (including phenoxy) is 1. The van der Waals surface area contributed by atoms with Gasteiger partial charge in [0, 0.05) is 10.9 Å². The molecule has 0 spiro atoms. The number of aromatic nitrogens is 1. The maximum Gasteiger partial charge on any atom is 0.197 e. The molecule has 0 aliphatic rings. The van der Waals surface area contributed by atoms with Crippen LogP contribution in [0.5, 0.6) is 5.75 Å². The Morgan fingerprint density at radius 3 is 2.80 bits per heavy atom. The fourth-order valence-electron chi connectivity index (χ4n) is 2.22. The van der Waals surface area contributed by atoms with Crippen molar-refractivity contribution in [1.82, 2.24) is 4.98 Å². The maximum absolute atomic E-state index is 12.5. The first-order chi connectivity index (χ1) is 9.72. The van der Waals surface area contributed by atoms with Gasteiger partial charge in [0.15, 0.2) is 11.2 Å². The number of rotatable bonds is 3. The average Bonchev–Trinajstić information content (AvgIpc) is 2.47. The summed E-state index contributed by atoms with van der Waals surface area (Å²) in [7, 11) is 0. The summed E-state index contributed by atoms with van der Waals surface area (Å²) in [5, 5.41) is 1.68. The summed E-state index contributed by atoms with van der Waals surface area (Å²) in [5.74, 6) is 0.479. The minimum Gasteiger partial charge on any atom is -0.486 e. The maximum atomic E-state index is 12.5. The third-order valence-electron chi connectivity index (χ3n) is 3.13. The predicted molar refractivity (Wildman–Crippen MR) is 82.8 cm³/mol.